The highest BCUT2D eigenvalue weighted by atomic mass is 16.2. The summed E-state index contributed by atoms with van der Waals surface area (Å²) in [5.74, 6) is 5.07. The number of nitrogens with zero attached hydrogens (tertiary/aromatic N) is 2. The fraction of sp³-hybridized carbons (Fsp3) is 0.417. The molecule has 1 aromatic heterocycles. The number of H-pyrrole nitrogens is 1. The number of amides is 1. The topological polar surface area (TPSA) is 92.1 Å². The van der Waals surface area contributed by atoms with Crippen molar-refractivity contribution in [1.29, 1.82) is 0 Å². The Balaban J connectivity index is 2.15. The van der Waals surface area contributed by atoms with Crippen molar-refractivity contribution in [2.45, 2.75) is 19.3 Å². The summed E-state index contributed by atoms with van der Waals surface area (Å²) < 4.78 is 0. The van der Waals surface area contributed by atoms with Crippen LogP contribution in [0.5, 0.6) is 0 Å². The molecule has 94 valence electrons. The van der Waals surface area contributed by atoms with Crippen LogP contribution in [0, 0.1) is 11.8 Å². The van der Waals surface area contributed by atoms with Gasteiger partial charge in [0.15, 0.2) is 0 Å². The molecule has 1 amide bonds. The summed E-state index contributed by atoms with van der Waals surface area (Å²) in [6.07, 6.45) is 0.771. The van der Waals surface area contributed by atoms with E-state index in [2.05, 4.69) is 21.8 Å². The fourth-order valence-electron chi connectivity index (χ4n) is 2.08. The molecule has 1 aliphatic heterocycles. The van der Waals surface area contributed by atoms with E-state index >= 15 is 0 Å². The normalized spacial score (nSPS) is 18.3. The van der Waals surface area contributed by atoms with Crippen LogP contribution in [0.2, 0.25) is 0 Å². The molecule has 0 radical (unpaired) electrons. The number of anilines is 1. The van der Waals surface area contributed by atoms with E-state index in [4.69, 9.17) is 5.73 Å². The number of carbonyl (C=O) groups excluding carboxylic acids is 1. The Kier molecular flexibility index (Phi) is 3.33. The number of rotatable bonds is 1. The van der Waals surface area contributed by atoms with E-state index < -0.39 is 0 Å². The third kappa shape index (κ3) is 2.51. The molecule has 6 heteroatoms. The van der Waals surface area contributed by atoms with Crippen LogP contribution in [0.1, 0.15) is 25.0 Å². The average Bonchev–Trinajstić information content (AvgIpc) is 2.77. The van der Waals surface area contributed by atoms with Gasteiger partial charge >= 0.3 is 0 Å². The average molecular weight is 246 g/mol. The van der Waals surface area contributed by atoms with Gasteiger partial charge in [-0.1, -0.05) is 5.92 Å². The first kappa shape index (κ1) is 12.2. The van der Waals surface area contributed by atoms with Crippen LogP contribution in [0.25, 0.3) is 0 Å². The highest BCUT2D eigenvalue weighted by Gasteiger charge is 2.27. The molecule has 0 spiro atoms. The van der Waals surface area contributed by atoms with Gasteiger partial charge in [-0.05, 0) is 19.3 Å². The van der Waals surface area contributed by atoms with Crippen LogP contribution in [0.4, 0.5) is 5.95 Å². The van der Waals surface area contributed by atoms with Gasteiger partial charge in [-0.25, -0.2) is 4.98 Å². The molecule has 18 heavy (non-hydrogen) atoms. The molecule has 1 unspecified atom stereocenters. The van der Waals surface area contributed by atoms with Crippen molar-refractivity contribution in [3.05, 3.63) is 22.1 Å². The number of aromatic nitrogens is 2. The lowest BCUT2D eigenvalue weighted by Gasteiger charge is -2.12. The summed E-state index contributed by atoms with van der Waals surface area (Å²) in [5.41, 5.74) is 5.87. The minimum atomic E-state index is -0.268. The highest BCUT2D eigenvalue weighted by Crippen LogP contribution is 2.25. The maximum Gasteiger partial charge on any atom is 0.298 e. The smallest absolute Gasteiger partial charge is 0.298 e. The van der Waals surface area contributed by atoms with E-state index in [1.165, 1.54) is 6.07 Å². The lowest BCUT2D eigenvalue weighted by atomic mass is 10.1. The molecule has 0 aromatic carbocycles. The largest absolute Gasteiger partial charge is 0.369 e. The third-order valence-corrected chi connectivity index (χ3v) is 2.91. The number of aromatic amines is 1. The van der Waals surface area contributed by atoms with E-state index in [9.17, 15) is 9.59 Å². The van der Waals surface area contributed by atoms with Gasteiger partial charge in [0.1, 0.15) is 0 Å². The molecule has 1 fully saturated rings. The Morgan fingerprint density at radius 2 is 2.44 bits per heavy atom. The zero-order chi connectivity index (χ0) is 13.1. The van der Waals surface area contributed by atoms with Crippen molar-refractivity contribution in [2.75, 3.05) is 18.8 Å². The van der Waals surface area contributed by atoms with E-state index in [0.717, 1.165) is 6.42 Å². The summed E-state index contributed by atoms with van der Waals surface area (Å²) >= 11 is 0. The molecule has 3 N–H and O–H groups in total. The maximum atomic E-state index is 11.6. The minimum absolute atomic E-state index is 0.0530. The van der Waals surface area contributed by atoms with Crippen LogP contribution in [0.15, 0.2) is 10.9 Å². The van der Waals surface area contributed by atoms with Crippen LogP contribution < -0.4 is 11.3 Å². The van der Waals surface area contributed by atoms with Gasteiger partial charge in [0, 0.05) is 25.1 Å². The number of nitrogens with two attached hydrogens (primary N) is 1. The Morgan fingerprint density at radius 3 is 3.11 bits per heavy atom. The second-order valence-electron chi connectivity index (χ2n) is 4.17. The number of carbonyl (C=O) groups is 1. The van der Waals surface area contributed by atoms with Crippen molar-refractivity contribution in [1.82, 2.24) is 14.9 Å². The van der Waals surface area contributed by atoms with Crippen LogP contribution in [0.3, 0.4) is 0 Å². The molecule has 1 saturated heterocycles. The van der Waals surface area contributed by atoms with Crippen molar-refractivity contribution >= 4 is 11.9 Å². The first-order chi connectivity index (χ1) is 8.60. The van der Waals surface area contributed by atoms with Gasteiger partial charge < -0.3 is 10.6 Å². The number of hydrogen-bond donors (Lipinski definition) is 2. The summed E-state index contributed by atoms with van der Waals surface area (Å²) in [6.45, 7) is 2.79. The number of likely N-dealkylation sites (tertiary alicyclic amines) is 1. The number of hydrogen-bond acceptors (Lipinski definition) is 4. The van der Waals surface area contributed by atoms with Gasteiger partial charge in [-0.15, -0.1) is 0 Å². The predicted molar refractivity (Wildman–Crippen MR) is 66.7 cm³/mol. The highest BCUT2D eigenvalue weighted by molar-refractivity contribution is 5.93. The summed E-state index contributed by atoms with van der Waals surface area (Å²) in [5, 5.41) is 0. The van der Waals surface area contributed by atoms with Crippen LogP contribution in [-0.4, -0.2) is 33.9 Å². The minimum Gasteiger partial charge on any atom is -0.369 e. The zero-order valence-electron chi connectivity index (χ0n) is 10.1. The maximum absolute atomic E-state index is 11.6. The Bertz CT molecular complexity index is 582. The van der Waals surface area contributed by atoms with Gasteiger partial charge in [-0.3, -0.25) is 14.6 Å². The van der Waals surface area contributed by atoms with Crippen LogP contribution >= 0.6 is 0 Å². The zero-order valence-corrected chi connectivity index (χ0v) is 10.1. The monoisotopic (exact) mass is 246 g/mol. The van der Waals surface area contributed by atoms with Crippen LogP contribution in [-0.2, 0) is 4.79 Å². The first-order valence-electron chi connectivity index (χ1n) is 5.68. The van der Waals surface area contributed by atoms with Gasteiger partial charge in [0.25, 0.3) is 11.5 Å². The van der Waals surface area contributed by atoms with E-state index in [1.807, 2.05) is 0 Å². The van der Waals surface area contributed by atoms with E-state index in [0.29, 0.717) is 18.8 Å². The Labute approximate surface area is 104 Å². The van der Waals surface area contributed by atoms with E-state index in [-0.39, 0.29) is 23.3 Å². The number of nitrogens with one attached hydrogen (secondary N) is 1. The number of nitrogen functional groups attached to an aromatic ring is 1. The Hall–Kier alpha value is -2.29. The second kappa shape index (κ2) is 4.92. The molecule has 2 heterocycles. The summed E-state index contributed by atoms with van der Waals surface area (Å²) in [7, 11) is 0. The second-order valence-corrected chi connectivity index (χ2v) is 4.17. The van der Waals surface area contributed by atoms with Crippen molar-refractivity contribution in [3.63, 3.8) is 0 Å². The summed E-state index contributed by atoms with van der Waals surface area (Å²) in [4.78, 5) is 31.1. The molecule has 0 bridgehead atoms. The van der Waals surface area contributed by atoms with Gasteiger partial charge in [-0.2, -0.15) is 0 Å². The SMILES string of the molecule is CC#CC(=O)N1CCC(c2cc(=O)[nH]c(N)n2)C1. The summed E-state index contributed by atoms with van der Waals surface area (Å²) in [6, 6.07) is 1.43. The van der Waals surface area contributed by atoms with E-state index in [1.54, 1.807) is 11.8 Å². The van der Waals surface area contributed by atoms with Crippen molar-refractivity contribution in [2.24, 2.45) is 0 Å². The fourth-order valence-corrected chi connectivity index (χ4v) is 2.08. The Morgan fingerprint density at radius 1 is 1.67 bits per heavy atom. The van der Waals surface area contributed by atoms with Crippen molar-refractivity contribution in [3.8, 4) is 11.8 Å². The first-order valence-corrected chi connectivity index (χ1v) is 5.68. The standard InChI is InChI=1S/C12H14N4O2/c1-2-3-11(18)16-5-4-8(7-16)9-6-10(17)15-12(13)14-9/h6,8H,4-5,7H2,1H3,(H3,13,14,15,17). The lowest BCUT2D eigenvalue weighted by molar-refractivity contribution is -0.124. The van der Waals surface area contributed by atoms with Crippen molar-refractivity contribution < 1.29 is 4.79 Å². The quantitative estimate of drug-likeness (QED) is 0.665. The molecule has 1 aromatic rings. The van der Waals surface area contributed by atoms with Gasteiger partial charge in [0.05, 0.1) is 5.69 Å². The molecule has 6 nitrogen and oxygen atoms in total. The lowest BCUT2D eigenvalue weighted by Crippen LogP contribution is -2.27. The van der Waals surface area contributed by atoms with Gasteiger partial charge in [0.2, 0.25) is 5.95 Å². The molecule has 0 saturated carbocycles. The molecule has 1 aliphatic rings. The molecular weight excluding hydrogens is 232 g/mol. The molecular formula is C12H14N4O2. The molecule has 1 atom stereocenters. The third-order valence-electron chi connectivity index (χ3n) is 2.91. The molecule has 0 aliphatic carbocycles. The molecule has 2 rings (SSSR count). The predicted octanol–water partition coefficient (Wildman–Crippen LogP) is -0.309.